The van der Waals surface area contributed by atoms with Crippen LogP contribution in [0.25, 0.3) is 0 Å². The number of anilines is 1. The number of alkyl halides is 3. The highest BCUT2D eigenvalue weighted by atomic mass is 32.2. The van der Waals surface area contributed by atoms with Gasteiger partial charge in [0.05, 0.1) is 17.2 Å². The molecule has 2 unspecified atom stereocenters. The molecule has 2 aliphatic rings. The molecule has 3 rings (SSSR count). The molecule has 1 aromatic rings. The van der Waals surface area contributed by atoms with Crippen molar-refractivity contribution in [3.8, 4) is 0 Å². The van der Waals surface area contributed by atoms with Crippen LogP contribution in [0.2, 0.25) is 0 Å². The molecule has 1 N–H and O–H groups in total. The molecule has 0 radical (unpaired) electrons. The molecule has 2 atom stereocenters. The third kappa shape index (κ3) is 5.68. The Morgan fingerprint density at radius 2 is 1.97 bits per heavy atom. The minimum absolute atomic E-state index is 0.0733. The van der Waals surface area contributed by atoms with Gasteiger partial charge in [0.25, 0.3) is 0 Å². The third-order valence-corrected chi connectivity index (χ3v) is 6.76. The highest BCUT2D eigenvalue weighted by Gasteiger charge is 2.38. The predicted octanol–water partition coefficient (Wildman–Crippen LogP) is 5.18. The van der Waals surface area contributed by atoms with E-state index in [-0.39, 0.29) is 29.3 Å². The van der Waals surface area contributed by atoms with Gasteiger partial charge in [0, 0.05) is 29.2 Å². The molecule has 1 saturated heterocycles. The summed E-state index contributed by atoms with van der Waals surface area (Å²) in [5, 5.41) is 2.68. The molecule has 1 heterocycles. The van der Waals surface area contributed by atoms with E-state index < -0.39 is 23.6 Å². The van der Waals surface area contributed by atoms with Crippen LogP contribution in [0.1, 0.15) is 51.5 Å². The second kappa shape index (κ2) is 8.98. The molecule has 1 aromatic carbocycles. The lowest BCUT2D eigenvalue weighted by Crippen LogP contribution is -2.44. The number of nitrogens with one attached hydrogen (secondary N) is 1. The van der Waals surface area contributed by atoms with Crippen molar-refractivity contribution in [1.29, 1.82) is 0 Å². The molecule has 4 nitrogen and oxygen atoms in total. The SMILES string of the molecule is CCC(C)Sc1ccc(NC(=O)C2CCCN(C(=O)C3CC3)C2)c(C(F)(F)F)c1. The lowest BCUT2D eigenvalue weighted by molar-refractivity contribution is -0.137. The number of hydrogen-bond donors (Lipinski definition) is 1. The Kier molecular flexibility index (Phi) is 6.81. The van der Waals surface area contributed by atoms with E-state index in [4.69, 9.17) is 0 Å². The number of carbonyl (C=O) groups is 2. The van der Waals surface area contributed by atoms with Gasteiger partial charge in [0.2, 0.25) is 11.8 Å². The number of nitrogens with zero attached hydrogens (tertiary/aromatic N) is 1. The summed E-state index contributed by atoms with van der Waals surface area (Å²) in [4.78, 5) is 27.2. The first-order valence-electron chi connectivity index (χ1n) is 10.2. The average Bonchev–Trinajstić information content (AvgIpc) is 3.53. The van der Waals surface area contributed by atoms with E-state index in [0.717, 1.165) is 25.3 Å². The zero-order valence-corrected chi connectivity index (χ0v) is 17.5. The van der Waals surface area contributed by atoms with Crippen LogP contribution in [-0.2, 0) is 15.8 Å². The van der Waals surface area contributed by atoms with Gasteiger partial charge in [-0.25, -0.2) is 0 Å². The van der Waals surface area contributed by atoms with Crippen LogP contribution >= 0.6 is 11.8 Å². The standard InChI is InChI=1S/C21H27F3N2O2S/c1-3-13(2)29-16-8-9-18(17(11-16)21(22,23)24)25-19(27)15-5-4-10-26(12-15)20(28)14-6-7-14/h8-9,11,13-15H,3-7,10,12H2,1-2H3,(H,25,27). The van der Waals surface area contributed by atoms with Crippen LogP contribution < -0.4 is 5.32 Å². The number of piperidine rings is 1. The van der Waals surface area contributed by atoms with Crippen LogP contribution in [0.4, 0.5) is 18.9 Å². The minimum atomic E-state index is -4.56. The van der Waals surface area contributed by atoms with E-state index in [1.54, 1.807) is 11.0 Å². The lowest BCUT2D eigenvalue weighted by Gasteiger charge is -2.32. The summed E-state index contributed by atoms with van der Waals surface area (Å²) in [6, 6.07) is 4.06. The van der Waals surface area contributed by atoms with Gasteiger partial charge in [-0.2, -0.15) is 13.2 Å². The molecule has 0 aromatic heterocycles. The molecule has 0 spiro atoms. The minimum Gasteiger partial charge on any atom is -0.342 e. The van der Waals surface area contributed by atoms with Gasteiger partial charge in [0.1, 0.15) is 0 Å². The number of hydrogen-bond acceptors (Lipinski definition) is 3. The molecule has 0 bridgehead atoms. The van der Waals surface area contributed by atoms with Gasteiger partial charge < -0.3 is 10.2 Å². The second-order valence-electron chi connectivity index (χ2n) is 7.93. The summed E-state index contributed by atoms with van der Waals surface area (Å²) in [5.74, 6) is -0.790. The number of likely N-dealkylation sites (tertiary alicyclic amines) is 1. The number of thioether (sulfide) groups is 1. The molecule has 1 aliphatic heterocycles. The maximum Gasteiger partial charge on any atom is 0.418 e. The van der Waals surface area contributed by atoms with Crippen molar-refractivity contribution in [1.82, 2.24) is 4.90 Å². The largest absolute Gasteiger partial charge is 0.418 e. The van der Waals surface area contributed by atoms with E-state index in [2.05, 4.69) is 5.32 Å². The van der Waals surface area contributed by atoms with Crippen molar-refractivity contribution in [2.45, 2.75) is 62.3 Å². The fraction of sp³-hybridized carbons (Fsp3) is 0.619. The molecule has 2 fully saturated rings. The molecule has 2 amide bonds. The molecule has 1 aliphatic carbocycles. The first-order valence-corrected chi connectivity index (χ1v) is 11.0. The molecule has 29 heavy (non-hydrogen) atoms. The number of carbonyl (C=O) groups excluding carboxylic acids is 2. The van der Waals surface area contributed by atoms with Crippen molar-refractivity contribution in [2.75, 3.05) is 18.4 Å². The Bertz CT molecular complexity index is 765. The second-order valence-corrected chi connectivity index (χ2v) is 9.44. The van der Waals surface area contributed by atoms with Crippen LogP contribution in [0, 0.1) is 11.8 Å². The van der Waals surface area contributed by atoms with Gasteiger partial charge in [-0.1, -0.05) is 13.8 Å². The van der Waals surface area contributed by atoms with Crippen molar-refractivity contribution in [3.05, 3.63) is 23.8 Å². The maximum absolute atomic E-state index is 13.6. The Labute approximate surface area is 173 Å². The summed E-state index contributed by atoms with van der Waals surface area (Å²) in [6.07, 6.45) is -0.668. The number of benzene rings is 1. The van der Waals surface area contributed by atoms with E-state index in [1.165, 1.54) is 17.8 Å². The maximum atomic E-state index is 13.6. The first-order chi connectivity index (χ1) is 13.7. The fourth-order valence-electron chi connectivity index (χ4n) is 3.47. The van der Waals surface area contributed by atoms with Crippen molar-refractivity contribution >= 4 is 29.3 Å². The van der Waals surface area contributed by atoms with Gasteiger partial charge >= 0.3 is 6.18 Å². The highest BCUT2D eigenvalue weighted by molar-refractivity contribution is 7.99. The molecule has 8 heteroatoms. The van der Waals surface area contributed by atoms with E-state index in [1.807, 2.05) is 13.8 Å². The Balaban J connectivity index is 1.72. The van der Waals surface area contributed by atoms with Crippen LogP contribution in [-0.4, -0.2) is 35.1 Å². The van der Waals surface area contributed by atoms with Crippen LogP contribution in [0.3, 0.4) is 0 Å². The number of rotatable bonds is 6. The fourth-order valence-corrected chi connectivity index (χ4v) is 4.43. The van der Waals surface area contributed by atoms with E-state index in [0.29, 0.717) is 24.3 Å². The monoisotopic (exact) mass is 428 g/mol. The quantitative estimate of drug-likeness (QED) is 0.635. The smallest absolute Gasteiger partial charge is 0.342 e. The summed E-state index contributed by atoms with van der Waals surface area (Å²) in [7, 11) is 0. The summed E-state index contributed by atoms with van der Waals surface area (Å²) >= 11 is 1.38. The van der Waals surface area contributed by atoms with Gasteiger partial charge in [-0.05, 0) is 50.3 Å². The topological polar surface area (TPSA) is 49.4 Å². The molecule has 160 valence electrons. The zero-order chi connectivity index (χ0) is 21.2. The Morgan fingerprint density at radius 1 is 1.24 bits per heavy atom. The summed E-state index contributed by atoms with van der Waals surface area (Å²) in [6.45, 7) is 4.85. The molecular weight excluding hydrogens is 401 g/mol. The van der Waals surface area contributed by atoms with E-state index in [9.17, 15) is 22.8 Å². The lowest BCUT2D eigenvalue weighted by atomic mass is 9.96. The number of halogens is 3. The zero-order valence-electron chi connectivity index (χ0n) is 16.7. The van der Waals surface area contributed by atoms with Crippen molar-refractivity contribution < 1.29 is 22.8 Å². The Morgan fingerprint density at radius 3 is 2.59 bits per heavy atom. The highest BCUT2D eigenvalue weighted by Crippen LogP contribution is 2.39. The summed E-state index contributed by atoms with van der Waals surface area (Å²) < 4.78 is 40.8. The van der Waals surface area contributed by atoms with Gasteiger partial charge in [0.15, 0.2) is 0 Å². The normalized spacial score (nSPS) is 21.0. The van der Waals surface area contributed by atoms with Crippen molar-refractivity contribution in [2.24, 2.45) is 11.8 Å². The van der Waals surface area contributed by atoms with E-state index >= 15 is 0 Å². The van der Waals surface area contributed by atoms with Crippen LogP contribution in [0.5, 0.6) is 0 Å². The van der Waals surface area contributed by atoms with Crippen molar-refractivity contribution in [3.63, 3.8) is 0 Å². The molecular formula is C21H27F3N2O2S. The first kappa shape index (κ1) is 22.0. The Hall–Kier alpha value is -1.70. The van der Waals surface area contributed by atoms with Gasteiger partial charge in [-0.15, -0.1) is 11.8 Å². The third-order valence-electron chi connectivity index (χ3n) is 5.50. The number of amides is 2. The molecule has 1 saturated carbocycles. The van der Waals surface area contributed by atoms with Gasteiger partial charge in [-0.3, -0.25) is 9.59 Å². The summed E-state index contributed by atoms with van der Waals surface area (Å²) in [5.41, 5.74) is -1.05. The predicted molar refractivity (Wildman–Crippen MR) is 108 cm³/mol. The average molecular weight is 429 g/mol. The van der Waals surface area contributed by atoms with Crippen LogP contribution in [0.15, 0.2) is 23.1 Å².